The zero-order valence-electron chi connectivity index (χ0n) is 15.3. The molecule has 0 fully saturated rings. The van der Waals surface area contributed by atoms with Gasteiger partial charge in [-0.3, -0.25) is 9.59 Å². The summed E-state index contributed by atoms with van der Waals surface area (Å²) in [4.78, 5) is 34.9. The molecule has 0 unspecified atom stereocenters. The Morgan fingerprint density at radius 3 is 2.44 bits per heavy atom. The van der Waals surface area contributed by atoms with E-state index in [1.165, 1.54) is 18.0 Å². The van der Waals surface area contributed by atoms with Crippen molar-refractivity contribution in [3.05, 3.63) is 65.2 Å². The zero-order valence-corrected chi connectivity index (χ0v) is 15.3. The largest absolute Gasteiger partial charge is 0.332 e. The SMILES string of the molecule is Cc1nc2cc(F)cc(C(=O)N(C)CC(=O)Nc3ccccc3)c2nc1C. The predicted octanol–water partition coefficient (Wildman–Crippen LogP) is 3.10. The number of rotatable bonds is 4. The molecule has 0 saturated carbocycles. The lowest BCUT2D eigenvalue weighted by atomic mass is 10.1. The maximum Gasteiger partial charge on any atom is 0.256 e. The number of carbonyl (C=O) groups excluding carboxylic acids is 2. The first-order chi connectivity index (χ1) is 12.8. The molecular formula is C20H19FN4O2. The van der Waals surface area contributed by atoms with Crippen molar-refractivity contribution in [2.75, 3.05) is 18.9 Å². The molecule has 7 heteroatoms. The average Bonchev–Trinajstić information content (AvgIpc) is 2.62. The van der Waals surface area contributed by atoms with Crippen LogP contribution in [0.1, 0.15) is 21.7 Å². The van der Waals surface area contributed by atoms with Crippen LogP contribution in [0.15, 0.2) is 42.5 Å². The molecule has 0 aliphatic rings. The molecule has 0 aliphatic heterocycles. The lowest BCUT2D eigenvalue weighted by Gasteiger charge is -2.18. The molecule has 1 aromatic heterocycles. The van der Waals surface area contributed by atoms with Crippen LogP contribution in [0.2, 0.25) is 0 Å². The summed E-state index contributed by atoms with van der Waals surface area (Å²) in [5.74, 6) is -1.43. The Morgan fingerprint density at radius 2 is 1.74 bits per heavy atom. The first-order valence-corrected chi connectivity index (χ1v) is 8.40. The molecule has 2 amide bonds. The molecule has 3 aromatic rings. The van der Waals surface area contributed by atoms with Gasteiger partial charge in [0.25, 0.3) is 5.91 Å². The van der Waals surface area contributed by atoms with E-state index in [2.05, 4.69) is 15.3 Å². The molecule has 1 N–H and O–H groups in total. The molecule has 2 aromatic carbocycles. The Balaban J connectivity index is 1.84. The highest BCUT2D eigenvalue weighted by atomic mass is 19.1. The summed E-state index contributed by atoms with van der Waals surface area (Å²) < 4.78 is 14.0. The maximum absolute atomic E-state index is 14.0. The topological polar surface area (TPSA) is 75.2 Å². The highest BCUT2D eigenvalue weighted by molar-refractivity contribution is 6.06. The molecule has 138 valence electrons. The second-order valence-corrected chi connectivity index (χ2v) is 6.29. The number of hydrogen-bond acceptors (Lipinski definition) is 4. The van der Waals surface area contributed by atoms with E-state index < -0.39 is 11.7 Å². The van der Waals surface area contributed by atoms with E-state index in [0.29, 0.717) is 28.1 Å². The van der Waals surface area contributed by atoms with Gasteiger partial charge in [0.1, 0.15) is 11.3 Å². The number of para-hydroxylation sites is 1. The normalized spacial score (nSPS) is 10.7. The van der Waals surface area contributed by atoms with Gasteiger partial charge in [-0.25, -0.2) is 14.4 Å². The van der Waals surface area contributed by atoms with Gasteiger partial charge >= 0.3 is 0 Å². The standard InChI is InChI=1S/C20H19FN4O2/c1-12-13(2)23-19-16(9-14(21)10-17(19)22-12)20(27)25(3)11-18(26)24-15-7-5-4-6-8-15/h4-10H,11H2,1-3H3,(H,24,26). The zero-order chi connectivity index (χ0) is 19.6. The van der Waals surface area contributed by atoms with Gasteiger partial charge in [-0.1, -0.05) is 18.2 Å². The molecule has 0 atom stereocenters. The van der Waals surface area contributed by atoms with Gasteiger partial charge in [-0.15, -0.1) is 0 Å². The smallest absolute Gasteiger partial charge is 0.256 e. The number of nitrogens with zero attached hydrogens (tertiary/aromatic N) is 3. The van der Waals surface area contributed by atoms with Crippen molar-refractivity contribution in [3.8, 4) is 0 Å². The minimum Gasteiger partial charge on any atom is -0.332 e. The molecular weight excluding hydrogens is 347 g/mol. The molecule has 1 heterocycles. The molecule has 3 rings (SSSR count). The molecule has 0 aliphatic carbocycles. The number of benzene rings is 2. The van der Waals surface area contributed by atoms with Crippen molar-refractivity contribution in [3.63, 3.8) is 0 Å². The average molecular weight is 366 g/mol. The lowest BCUT2D eigenvalue weighted by Crippen LogP contribution is -2.35. The summed E-state index contributed by atoms with van der Waals surface area (Å²) in [6.07, 6.45) is 0. The molecule has 0 radical (unpaired) electrons. The van der Waals surface area contributed by atoms with Gasteiger partial charge in [0.2, 0.25) is 5.91 Å². The maximum atomic E-state index is 14.0. The number of anilines is 1. The number of carbonyl (C=O) groups is 2. The Labute approximate surface area is 156 Å². The number of hydrogen-bond donors (Lipinski definition) is 1. The Kier molecular flexibility index (Phi) is 5.12. The van der Waals surface area contributed by atoms with Crippen LogP contribution in [0.5, 0.6) is 0 Å². The van der Waals surface area contributed by atoms with Gasteiger partial charge < -0.3 is 10.2 Å². The fourth-order valence-corrected chi connectivity index (χ4v) is 2.68. The Bertz CT molecular complexity index is 1020. The van der Waals surface area contributed by atoms with Crippen LogP contribution in [0, 0.1) is 19.7 Å². The fraction of sp³-hybridized carbons (Fsp3) is 0.200. The van der Waals surface area contributed by atoms with Crippen molar-refractivity contribution in [1.82, 2.24) is 14.9 Å². The minimum absolute atomic E-state index is 0.0793. The highest BCUT2D eigenvalue weighted by Gasteiger charge is 2.20. The first-order valence-electron chi connectivity index (χ1n) is 8.40. The number of fused-ring (bicyclic) bond motifs is 1. The van der Waals surface area contributed by atoms with E-state index in [4.69, 9.17) is 0 Å². The monoisotopic (exact) mass is 366 g/mol. The van der Waals surface area contributed by atoms with Gasteiger partial charge in [0, 0.05) is 18.8 Å². The van der Waals surface area contributed by atoms with Crippen molar-refractivity contribution >= 4 is 28.5 Å². The van der Waals surface area contributed by atoms with E-state index in [9.17, 15) is 14.0 Å². The van der Waals surface area contributed by atoms with E-state index >= 15 is 0 Å². The van der Waals surface area contributed by atoms with Crippen LogP contribution in [0.4, 0.5) is 10.1 Å². The van der Waals surface area contributed by atoms with Gasteiger partial charge in [0.15, 0.2) is 0 Å². The summed E-state index contributed by atoms with van der Waals surface area (Å²) in [6, 6.07) is 11.3. The summed E-state index contributed by atoms with van der Waals surface area (Å²) in [5, 5.41) is 2.71. The van der Waals surface area contributed by atoms with Crippen LogP contribution in [0.25, 0.3) is 11.0 Å². The van der Waals surface area contributed by atoms with Crippen LogP contribution in [-0.4, -0.2) is 40.3 Å². The number of aryl methyl sites for hydroxylation is 2. The van der Waals surface area contributed by atoms with E-state index in [-0.39, 0.29) is 18.0 Å². The fourth-order valence-electron chi connectivity index (χ4n) is 2.68. The molecule has 0 spiro atoms. The number of likely N-dealkylation sites (N-methyl/N-ethyl adjacent to an activating group) is 1. The van der Waals surface area contributed by atoms with Crippen LogP contribution in [0.3, 0.4) is 0 Å². The first kappa shape index (κ1) is 18.4. The number of aromatic nitrogens is 2. The third-order valence-corrected chi connectivity index (χ3v) is 4.16. The van der Waals surface area contributed by atoms with Crippen LogP contribution >= 0.6 is 0 Å². The van der Waals surface area contributed by atoms with E-state index in [1.54, 1.807) is 38.1 Å². The third kappa shape index (κ3) is 4.08. The summed E-state index contributed by atoms with van der Waals surface area (Å²) in [6.45, 7) is 3.37. The third-order valence-electron chi connectivity index (χ3n) is 4.16. The Morgan fingerprint density at radius 1 is 1.07 bits per heavy atom. The summed E-state index contributed by atoms with van der Waals surface area (Å²) in [5.41, 5.74) is 2.67. The highest BCUT2D eigenvalue weighted by Crippen LogP contribution is 2.20. The van der Waals surface area contributed by atoms with Gasteiger partial charge in [-0.05, 0) is 32.0 Å². The second-order valence-electron chi connectivity index (χ2n) is 6.29. The van der Waals surface area contributed by atoms with Crippen molar-refractivity contribution in [2.24, 2.45) is 0 Å². The lowest BCUT2D eigenvalue weighted by molar-refractivity contribution is -0.116. The van der Waals surface area contributed by atoms with Crippen molar-refractivity contribution < 1.29 is 14.0 Å². The molecule has 27 heavy (non-hydrogen) atoms. The van der Waals surface area contributed by atoms with Crippen molar-refractivity contribution in [2.45, 2.75) is 13.8 Å². The van der Waals surface area contributed by atoms with Gasteiger partial charge in [0.05, 0.1) is 29.0 Å². The minimum atomic E-state index is -0.578. The number of amides is 2. The van der Waals surface area contributed by atoms with Crippen molar-refractivity contribution in [1.29, 1.82) is 0 Å². The predicted molar refractivity (Wildman–Crippen MR) is 101 cm³/mol. The van der Waals surface area contributed by atoms with Gasteiger partial charge in [-0.2, -0.15) is 0 Å². The number of nitrogens with one attached hydrogen (secondary N) is 1. The summed E-state index contributed by atoms with van der Waals surface area (Å²) >= 11 is 0. The van der Waals surface area contributed by atoms with Crippen LogP contribution in [-0.2, 0) is 4.79 Å². The van der Waals surface area contributed by atoms with E-state index in [0.717, 1.165) is 6.07 Å². The second kappa shape index (κ2) is 7.49. The Hall–Kier alpha value is -3.35. The number of halogens is 1. The molecule has 0 bridgehead atoms. The van der Waals surface area contributed by atoms with E-state index in [1.807, 2.05) is 6.07 Å². The van der Waals surface area contributed by atoms with Crippen LogP contribution < -0.4 is 5.32 Å². The summed E-state index contributed by atoms with van der Waals surface area (Å²) in [7, 11) is 1.48. The molecule has 6 nitrogen and oxygen atoms in total. The molecule has 0 saturated heterocycles. The quantitative estimate of drug-likeness (QED) is 0.770.